The highest BCUT2D eigenvalue weighted by Crippen LogP contribution is 2.06. The molecule has 0 aliphatic heterocycles. The van der Waals surface area contributed by atoms with Gasteiger partial charge >= 0.3 is 6.09 Å². The van der Waals surface area contributed by atoms with Crippen molar-refractivity contribution in [2.24, 2.45) is 0 Å². The molecule has 0 fully saturated rings. The molecule has 1 atom stereocenters. The Morgan fingerprint density at radius 2 is 1.78 bits per heavy atom. The number of hydrogen-bond acceptors (Lipinski definition) is 4. The third-order valence-electron chi connectivity index (χ3n) is 1.83. The summed E-state index contributed by atoms with van der Waals surface area (Å²) in [6, 6.07) is -0.774. The first kappa shape index (κ1) is 16.2. The lowest BCUT2D eigenvalue weighted by atomic mass is 10.2. The minimum Gasteiger partial charge on any atom is -0.444 e. The number of hydrogen-bond donors (Lipinski definition) is 3. The molecule has 0 heterocycles. The molecule has 0 spiro atoms. The van der Waals surface area contributed by atoms with E-state index in [2.05, 4.69) is 16.0 Å². The van der Waals surface area contributed by atoms with Gasteiger partial charge in [-0.2, -0.15) is 0 Å². The van der Waals surface area contributed by atoms with E-state index in [-0.39, 0.29) is 12.5 Å². The molecule has 0 aromatic rings. The number of alkyl carbamates (subject to hydrolysis) is 1. The molecule has 7 nitrogen and oxygen atoms in total. The summed E-state index contributed by atoms with van der Waals surface area (Å²) in [5.74, 6) is -0.766. The van der Waals surface area contributed by atoms with Gasteiger partial charge in [-0.15, -0.1) is 0 Å². The van der Waals surface area contributed by atoms with Gasteiger partial charge in [0.25, 0.3) is 0 Å². The summed E-state index contributed by atoms with van der Waals surface area (Å²) in [6.45, 7) is 6.55. The molecular weight excluding hydrogens is 238 g/mol. The first-order valence-electron chi connectivity index (χ1n) is 5.63. The number of carbonyl (C=O) groups is 3. The molecule has 0 rings (SSSR count). The van der Waals surface area contributed by atoms with Crippen molar-refractivity contribution in [1.29, 1.82) is 0 Å². The Hall–Kier alpha value is -1.79. The molecule has 0 aromatic carbocycles. The van der Waals surface area contributed by atoms with Gasteiger partial charge in [0.1, 0.15) is 11.6 Å². The number of amides is 3. The third-order valence-corrected chi connectivity index (χ3v) is 1.83. The molecule has 104 valence electrons. The summed E-state index contributed by atoms with van der Waals surface area (Å²) in [7, 11) is 1.47. The summed E-state index contributed by atoms with van der Waals surface area (Å²) in [5.41, 5.74) is -0.623. The van der Waals surface area contributed by atoms with Crippen molar-refractivity contribution in [3.63, 3.8) is 0 Å². The van der Waals surface area contributed by atoms with Crippen LogP contribution in [0.1, 0.15) is 27.7 Å². The zero-order chi connectivity index (χ0) is 14.3. The Bertz CT molecular complexity index is 323. The van der Waals surface area contributed by atoms with Crippen molar-refractivity contribution < 1.29 is 19.1 Å². The molecule has 7 heteroatoms. The van der Waals surface area contributed by atoms with Gasteiger partial charge < -0.3 is 20.7 Å². The average Bonchev–Trinajstić information content (AvgIpc) is 2.22. The summed E-state index contributed by atoms with van der Waals surface area (Å²) in [6.07, 6.45) is -0.676. The molecule has 0 aliphatic carbocycles. The van der Waals surface area contributed by atoms with Crippen molar-refractivity contribution in [2.75, 3.05) is 13.6 Å². The summed E-state index contributed by atoms with van der Waals surface area (Å²) in [5, 5.41) is 7.12. The van der Waals surface area contributed by atoms with E-state index < -0.39 is 23.6 Å². The lowest BCUT2D eigenvalue weighted by Crippen LogP contribution is -2.48. The summed E-state index contributed by atoms with van der Waals surface area (Å²) >= 11 is 0. The average molecular weight is 259 g/mol. The van der Waals surface area contributed by atoms with Gasteiger partial charge in [0, 0.05) is 7.05 Å². The summed E-state index contributed by atoms with van der Waals surface area (Å²) in [4.78, 5) is 33.8. The van der Waals surface area contributed by atoms with Gasteiger partial charge in [-0.25, -0.2) is 4.79 Å². The molecule has 3 N–H and O–H groups in total. The van der Waals surface area contributed by atoms with Gasteiger partial charge in [0.2, 0.25) is 11.8 Å². The second-order valence-corrected chi connectivity index (χ2v) is 4.76. The van der Waals surface area contributed by atoms with Crippen LogP contribution in [0.2, 0.25) is 0 Å². The third kappa shape index (κ3) is 7.48. The quantitative estimate of drug-likeness (QED) is 0.649. The van der Waals surface area contributed by atoms with Crippen LogP contribution in [0.5, 0.6) is 0 Å². The highest BCUT2D eigenvalue weighted by molar-refractivity contribution is 5.89. The fraction of sp³-hybridized carbons (Fsp3) is 0.727. The monoisotopic (exact) mass is 259 g/mol. The van der Waals surface area contributed by atoms with Crippen LogP contribution < -0.4 is 16.0 Å². The van der Waals surface area contributed by atoms with Crippen LogP contribution in [-0.4, -0.2) is 43.1 Å². The number of rotatable bonds is 4. The molecular formula is C11H21N3O4. The molecule has 0 radical (unpaired) electrons. The SMILES string of the molecule is CNC(=O)CNC(=O)[C@H](C)NC(=O)OC(C)(C)C. The van der Waals surface area contributed by atoms with Gasteiger partial charge in [0.05, 0.1) is 6.54 Å². The molecule has 0 unspecified atom stereocenters. The van der Waals surface area contributed by atoms with Gasteiger partial charge in [0.15, 0.2) is 0 Å². The molecule has 0 aromatic heterocycles. The first-order valence-corrected chi connectivity index (χ1v) is 5.63. The van der Waals surface area contributed by atoms with Gasteiger partial charge in [-0.05, 0) is 27.7 Å². The van der Waals surface area contributed by atoms with Crippen LogP contribution in [0.15, 0.2) is 0 Å². The van der Waals surface area contributed by atoms with Crippen LogP contribution in [-0.2, 0) is 14.3 Å². The van der Waals surface area contributed by atoms with E-state index in [0.29, 0.717) is 0 Å². The predicted octanol–water partition coefficient (Wildman–Crippen LogP) is -0.238. The second-order valence-electron chi connectivity index (χ2n) is 4.76. The van der Waals surface area contributed by atoms with Crippen LogP contribution in [0, 0.1) is 0 Å². The standard InChI is InChI=1S/C11H21N3O4/c1-7(9(16)13-6-8(15)12-5)14-10(17)18-11(2,3)4/h7H,6H2,1-5H3,(H,12,15)(H,13,16)(H,14,17)/t7-/m0/s1. The van der Waals surface area contributed by atoms with Crippen LogP contribution in [0.3, 0.4) is 0 Å². The van der Waals surface area contributed by atoms with E-state index in [1.165, 1.54) is 14.0 Å². The zero-order valence-electron chi connectivity index (χ0n) is 11.4. The Morgan fingerprint density at radius 3 is 2.22 bits per heavy atom. The van der Waals surface area contributed by atoms with Crippen LogP contribution >= 0.6 is 0 Å². The highest BCUT2D eigenvalue weighted by Gasteiger charge is 2.20. The maximum absolute atomic E-state index is 11.5. The van der Waals surface area contributed by atoms with Gasteiger partial charge in [-0.1, -0.05) is 0 Å². The van der Waals surface area contributed by atoms with E-state index >= 15 is 0 Å². The number of nitrogens with one attached hydrogen (secondary N) is 3. The second kappa shape index (κ2) is 6.83. The van der Waals surface area contributed by atoms with Crippen molar-refractivity contribution in [3.05, 3.63) is 0 Å². The lowest BCUT2D eigenvalue weighted by Gasteiger charge is -2.21. The summed E-state index contributed by atoms with van der Waals surface area (Å²) < 4.78 is 5.00. The smallest absolute Gasteiger partial charge is 0.408 e. The Labute approximate surface area is 107 Å². The van der Waals surface area contributed by atoms with E-state index in [0.717, 1.165) is 0 Å². The molecule has 0 saturated heterocycles. The van der Waals surface area contributed by atoms with Crippen molar-refractivity contribution in [2.45, 2.75) is 39.3 Å². The van der Waals surface area contributed by atoms with Crippen molar-refractivity contribution in [3.8, 4) is 0 Å². The Kier molecular flexibility index (Phi) is 6.15. The fourth-order valence-electron chi connectivity index (χ4n) is 0.959. The molecule has 0 saturated carbocycles. The number of likely N-dealkylation sites (N-methyl/N-ethyl adjacent to an activating group) is 1. The topological polar surface area (TPSA) is 96.5 Å². The highest BCUT2D eigenvalue weighted by atomic mass is 16.6. The molecule has 18 heavy (non-hydrogen) atoms. The van der Waals surface area contributed by atoms with E-state index in [4.69, 9.17) is 4.74 Å². The molecule has 0 aliphatic rings. The Morgan fingerprint density at radius 1 is 1.22 bits per heavy atom. The Balaban J connectivity index is 4.08. The van der Waals surface area contributed by atoms with E-state index in [1.807, 2.05) is 0 Å². The number of ether oxygens (including phenoxy) is 1. The fourth-order valence-corrected chi connectivity index (χ4v) is 0.959. The van der Waals surface area contributed by atoms with E-state index in [9.17, 15) is 14.4 Å². The molecule has 0 bridgehead atoms. The minimum absolute atomic E-state index is 0.129. The van der Waals surface area contributed by atoms with E-state index in [1.54, 1.807) is 20.8 Å². The van der Waals surface area contributed by atoms with Gasteiger partial charge in [-0.3, -0.25) is 9.59 Å². The van der Waals surface area contributed by atoms with Crippen molar-refractivity contribution in [1.82, 2.24) is 16.0 Å². The minimum atomic E-state index is -0.774. The zero-order valence-corrected chi connectivity index (χ0v) is 11.4. The van der Waals surface area contributed by atoms with Crippen molar-refractivity contribution >= 4 is 17.9 Å². The van der Waals surface area contributed by atoms with Crippen LogP contribution in [0.4, 0.5) is 4.79 Å². The number of carbonyl (C=O) groups excluding carboxylic acids is 3. The normalized spacial score (nSPS) is 12.3. The maximum atomic E-state index is 11.5. The first-order chi connectivity index (χ1) is 8.15. The lowest BCUT2D eigenvalue weighted by molar-refractivity contribution is -0.126. The van der Waals surface area contributed by atoms with Crippen LogP contribution in [0.25, 0.3) is 0 Å². The predicted molar refractivity (Wildman–Crippen MR) is 65.9 cm³/mol. The maximum Gasteiger partial charge on any atom is 0.408 e. The largest absolute Gasteiger partial charge is 0.444 e. The molecule has 3 amide bonds.